The first-order valence-electron chi connectivity index (χ1n) is 9.44. The molecular weight excluding hydrogens is 392 g/mol. The van der Waals surface area contributed by atoms with Crippen LogP contribution in [-0.2, 0) is 27.3 Å². The van der Waals surface area contributed by atoms with Crippen molar-refractivity contribution in [3.8, 4) is 5.75 Å². The fourth-order valence-corrected chi connectivity index (χ4v) is 3.03. The highest BCUT2D eigenvalue weighted by Crippen LogP contribution is 2.25. The van der Waals surface area contributed by atoms with Crippen molar-refractivity contribution in [2.24, 2.45) is 0 Å². The standard InChI is InChI=1S/C22H22O8/c1-4-27-20(23)10-8-17-13(2)16-7-5-14(11-19(16)30-21(17)24)28-12-15-6-9-18(29-15)22(25)26-3/h5-7,9,11H,4,8,10,12H2,1-3H3. The molecule has 0 N–H and O–H groups in total. The van der Waals surface area contributed by atoms with Gasteiger partial charge in [-0.25, -0.2) is 9.59 Å². The van der Waals surface area contributed by atoms with Crippen LogP contribution < -0.4 is 10.4 Å². The van der Waals surface area contributed by atoms with E-state index < -0.39 is 11.6 Å². The van der Waals surface area contributed by atoms with Gasteiger partial charge in [-0.05, 0) is 50.1 Å². The fraction of sp³-hybridized carbons (Fsp3) is 0.318. The van der Waals surface area contributed by atoms with E-state index in [4.69, 9.17) is 18.3 Å². The number of hydrogen-bond donors (Lipinski definition) is 0. The molecule has 8 nitrogen and oxygen atoms in total. The molecule has 1 aromatic carbocycles. The molecule has 0 fully saturated rings. The Kier molecular flexibility index (Phi) is 6.56. The highest BCUT2D eigenvalue weighted by molar-refractivity contribution is 5.86. The van der Waals surface area contributed by atoms with Gasteiger partial charge in [0.15, 0.2) is 0 Å². The zero-order valence-electron chi connectivity index (χ0n) is 17.0. The summed E-state index contributed by atoms with van der Waals surface area (Å²) in [5, 5.41) is 0.756. The highest BCUT2D eigenvalue weighted by atomic mass is 16.5. The average molecular weight is 414 g/mol. The maximum absolute atomic E-state index is 12.4. The number of rotatable bonds is 8. The third kappa shape index (κ3) is 4.71. The molecule has 0 atom stereocenters. The van der Waals surface area contributed by atoms with Crippen molar-refractivity contribution in [2.75, 3.05) is 13.7 Å². The summed E-state index contributed by atoms with van der Waals surface area (Å²) in [7, 11) is 1.27. The van der Waals surface area contributed by atoms with Crippen LogP contribution in [0, 0.1) is 6.92 Å². The van der Waals surface area contributed by atoms with Gasteiger partial charge in [0.1, 0.15) is 23.7 Å². The Morgan fingerprint density at radius 3 is 2.63 bits per heavy atom. The lowest BCUT2D eigenvalue weighted by molar-refractivity contribution is -0.143. The zero-order chi connectivity index (χ0) is 21.7. The summed E-state index contributed by atoms with van der Waals surface area (Å²) in [6.07, 6.45) is 0.366. The largest absolute Gasteiger partial charge is 0.486 e. The number of aryl methyl sites for hydroxylation is 1. The average Bonchev–Trinajstić information content (AvgIpc) is 3.20. The van der Waals surface area contributed by atoms with E-state index in [1.807, 2.05) is 6.92 Å². The van der Waals surface area contributed by atoms with E-state index >= 15 is 0 Å². The van der Waals surface area contributed by atoms with E-state index in [-0.39, 0.29) is 31.2 Å². The Labute approximate surface area is 172 Å². The summed E-state index contributed by atoms with van der Waals surface area (Å²) in [6, 6.07) is 8.27. The quantitative estimate of drug-likeness (QED) is 0.407. The maximum Gasteiger partial charge on any atom is 0.373 e. The number of furan rings is 1. The summed E-state index contributed by atoms with van der Waals surface area (Å²) in [5.74, 6) is 0.0887. The van der Waals surface area contributed by atoms with Crippen LogP contribution in [0.1, 0.15) is 40.8 Å². The number of carbonyl (C=O) groups is 2. The number of fused-ring (bicyclic) bond motifs is 1. The fourth-order valence-electron chi connectivity index (χ4n) is 3.03. The zero-order valence-corrected chi connectivity index (χ0v) is 17.0. The number of esters is 2. The van der Waals surface area contributed by atoms with Gasteiger partial charge < -0.3 is 23.0 Å². The molecule has 3 rings (SSSR count). The van der Waals surface area contributed by atoms with Crippen molar-refractivity contribution in [2.45, 2.75) is 33.3 Å². The minimum Gasteiger partial charge on any atom is -0.486 e. The minimum atomic E-state index is -0.567. The predicted octanol–water partition coefficient (Wildman–Crippen LogP) is 3.56. The third-order valence-corrected chi connectivity index (χ3v) is 4.57. The van der Waals surface area contributed by atoms with Crippen molar-refractivity contribution in [1.29, 1.82) is 0 Å². The molecule has 0 bridgehead atoms. The predicted molar refractivity (Wildman–Crippen MR) is 107 cm³/mol. The molecule has 2 heterocycles. The summed E-state index contributed by atoms with van der Waals surface area (Å²) >= 11 is 0. The van der Waals surface area contributed by atoms with E-state index in [0.29, 0.717) is 29.3 Å². The molecule has 0 aliphatic rings. The number of hydrogen-bond acceptors (Lipinski definition) is 8. The number of ether oxygens (including phenoxy) is 3. The van der Waals surface area contributed by atoms with Gasteiger partial charge in [0, 0.05) is 23.4 Å². The molecule has 3 aromatic rings. The van der Waals surface area contributed by atoms with E-state index in [9.17, 15) is 14.4 Å². The van der Waals surface area contributed by atoms with Crippen LogP contribution in [0.25, 0.3) is 11.0 Å². The van der Waals surface area contributed by atoms with Crippen LogP contribution in [0.15, 0.2) is 44.0 Å². The third-order valence-electron chi connectivity index (χ3n) is 4.57. The van der Waals surface area contributed by atoms with E-state index in [1.54, 1.807) is 31.2 Å². The maximum atomic E-state index is 12.4. The molecule has 0 amide bonds. The summed E-state index contributed by atoms with van der Waals surface area (Å²) in [4.78, 5) is 35.4. The normalized spacial score (nSPS) is 10.8. The first-order chi connectivity index (χ1) is 14.4. The first-order valence-corrected chi connectivity index (χ1v) is 9.44. The van der Waals surface area contributed by atoms with Crippen molar-refractivity contribution in [3.05, 3.63) is 63.4 Å². The molecule has 30 heavy (non-hydrogen) atoms. The van der Waals surface area contributed by atoms with Crippen molar-refractivity contribution in [1.82, 2.24) is 0 Å². The Morgan fingerprint density at radius 2 is 1.90 bits per heavy atom. The molecule has 2 aromatic heterocycles. The van der Waals surface area contributed by atoms with E-state index in [1.165, 1.54) is 13.2 Å². The van der Waals surface area contributed by atoms with Gasteiger partial charge in [-0.1, -0.05) is 0 Å². The van der Waals surface area contributed by atoms with Gasteiger partial charge in [0.25, 0.3) is 0 Å². The molecule has 0 aliphatic heterocycles. The second-order valence-corrected chi connectivity index (χ2v) is 6.50. The lowest BCUT2D eigenvalue weighted by atomic mass is 10.0. The van der Waals surface area contributed by atoms with Gasteiger partial charge >= 0.3 is 17.6 Å². The van der Waals surface area contributed by atoms with Crippen LogP contribution in [0.4, 0.5) is 0 Å². The van der Waals surface area contributed by atoms with Crippen LogP contribution in [0.3, 0.4) is 0 Å². The minimum absolute atomic E-state index is 0.0866. The summed E-state index contributed by atoms with van der Waals surface area (Å²) in [6.45, 7) is 3.94. The summed E-state index contributed by atoms with van der Waals surface area (Å²) < 4.78 is 26.0. The number of methoxy groups -OCH3 is 1. The van der Waals surface area contributed by atoms with Crippen molar-refractivity contribution >= 4 is 22.9 Å². The van der Waals surface area contributed by atoms with Gasteiger partial charge in [0.05, 0.1) is 13.7 Å². The molecule has 0 radical (unpaired) electrons. The molecule has 0 saturated heterocycles. The highest BCUT2D eigenvalue weighted by Gasteiger charge is 2.15. The molecule has 0 unspecified atom stereocenters. The second kappa shape index (κ2) is 9.30. The second-order valence-electron chi connectivity index (χ2n) is 6.50. The molecule has 0 aliphatic carbocycles. The molecular formula is C22H22O8. The molecule has 0 saturated carbocycles. The van der Waals surface area contributed by atoms with Crippen molar-refractivity contribution in [3.63, 3.8) is 0 Å². The van der Waals surface area contributed by atoms with Gasteiger partial charge in [0.2, 0.25) is 5.76 Å². The van der Waals surface area contributed by atoms with Gasteiger partial charge in [-0.3, -0.25) is 4.79 Å². The smallest absolute Gasteiger partial charge is 0.373 e. The lowest BCUT2D eigenvalue weighted by Gasteiger charge is -2.09. The number of benzene rings is 1. The van der Waals surface area contributed by atoms with E-state index in [2.05, 4.69) is 4.74 Å². The Bertz CT molecular complexity index is 1120. The van der Waals surface area contributed by atoms with Crippen LogP contribution >= 0.6 is 0 Å². The molecule has 8 heteroatoms. The summed E-state index contributed by atoms with van der Waals surface area (Å²) in [5.41, 5.74) is 1.10. The van der Waals surface area contributed by atoms with Crippen molar-refractivity contribution < 1.29 is 32.6 Å². The van der Waals surface area contributed by atoms with Crippen LogP contribution in [0.5, 0.6) is 5.75 Å². The molecule has 158 valence electrons. The van der Waals surface area contributed by atoms with E-state index in [0.717, 1.165) is 10.9 Å². The van der Waals surface area contributed by atoms with Crippen LogP contribution in [-0.4, -0.2) is 25.7 Å². The SMILES string of the molecule is CCOC(=O)CCc1c(C)c2ccc(OCc3ccc(C(=O)OC)o3)cc2oc1=O. The topological polar surface area (TPSA) is 105 Å². The Balaban J connectivity index is 1.75. The first kappa shape index (κ1) is 21.2. The lowest BCUT2D eigenvalue weighted by Crippen LogP contribution is -2.13. The molecule has 0 spiro atoms. The Hall–Kier alpha value is -3.55. The Morgan fingerprint density at radius 1 is 1.10 bits per heavy atom. The van der Waals surface area contributed by atoms with Gasteiger partial charge in [-0.2, -0.15) is 0 Å². The van der Waals surface area contributed by atoms with Gasteiger partial charge in [-0.15, -0.1) is 0 Å². The number of carbonyl (C=O) groups excluding carboxylic acids is 2. The monoisotopic (exact) mass is 414 g/mol. The van der Waals surface area contributed by atoms with Crippen LogP contribution in [0.2, 0.25) is 0 Å².